The molecule has 2 aromatic heterocycles. The molecule has 3 aliphatic rings. The van der Waals surface area contributed by atoms with Crippen LogP contribution in [0.5, 0.6) is 0 Å². The number of fused-ring (bicyclic) bond motifs is 2. The second-order valence-electron chi connectivity index (χ2n) is 13.3. The number of aryl methyl sites for hydroxylation is 2. The molecule has 3 atom stereocenters. The van der Waals surface area contributed by atoms with Crippen LogP contribution < -0.4 is 15.5 Å². The van der Waals surface area contributed by atoms with E-state index in [2.05, 4.69) is 47.5 Å². The maximum absolute atomic E-state index is 12.9. The van der Waals surface area contributed by atoms with Gasteiger partial charge < -0.3 is 29.7 Å². The Hall–Kier alpha value is -3.46. The van der Waals surface area contributed by atoms with Crippen LogP contribution in [0.1, 0.15) is 46.7 Å². The van der Waals surface area contributed by atoms with Crippen LogP contribution in [-0.2, 0) is 19.0 Å². The Morgan fingerprint density at radius 1 is 0.961 bits per heavy atom. The number of para-hydroxylation sites is 1. The number of aromatic nitrogens is 3. The second kappa shape index (κ2) is 18.3. The van der Waals surface area contributed by atoms with E-state index in [0.717, 1.165) is 56.9 Å². The summed E-state index contributed by atoms with van der Waals surface area (Å²) in [5.74, 6) is 3.65. The number of amides is 1. The number of rotatable bonds is 19. The number of Topliss-reactive ketones (excluding diaryl/α,β-unsaturated/α-hetero) is 1. The van der Waals surface area contributed by atoms with Crippen molar-refractivity contribution in [2.24, 2.45) is 17.8 Å². The molecule has 1 amide bonds. The molecule has 2 fully saturated rings. The van der Waals surface area contributed by atoms with Gasteiger partial charge in [-0.05, 0) is 56.6 Å². The number of allylic oxidation sites excluding steroid dienone is 2. The highest BCUT2D eigenvalue weighted by atomic mass is 35.5. The smallest absolute Gasteiger partial charge is 0.267 e. The molecule has 1 saturated heterocycles. The van der Waals surface area contributed by atoms with Crippen molar-refractivity contribution >= 4 is 57.1 Å². The summed E-state index contributed by atoms with van der Waals surface area (Å²) in [5.41, 5.74) is 1.48. The van der Waals surface area contributed by atoms with Crippen molar-refractivity contribution in [1.82, 2.24) is 19.9 Å². The van der Waals surface area contributed by atoms with Gasteiger partial charge in [0.15, 0.2) is 5.13 Å². The summed E-state index contributed by atoms with van der Waals surface area (Å²) in [6.07, 6.45) is 9.69. The van der Waals surface area contributed by atoms with E-state index in [0.29, 0.717) is 96.0 Å². The number of thiazole rings is 1. The number of nitrogens with zero attached hydrogens (tertiary/aromatic N) is 5. The number of nitrogens with one attached hydrogen (secondary N) is 2. The number of ketones is 1. The van der Waals surface area contributed by atoms with Crippen molar-refractivity contribution in [3.63, 3.8) is 0 Å². The summed E-state index contributed by atoms with van der Waals surface area (Å²) in [7, 11) is 0. The number of benzene rings is 1. The van der Waals surface area contributed by atoms with Crippen molar-refractivity contribution in [3.05, 3.63) is 63.9 Å². The van der Waals surface area contributed by atoms with Crippen LogP contribution in [-0.4, -0.2) is 104 Å². The zero-order chi connectivity index (χ0) is 35.6. The van der Waals surface area contributed by atoms with E-state index in [-0.39, 0.29) is 11.8 Å². The van der Waals surface area contributed by atoms with Gasteiger partial charge in [0.1, 0.15) is 28.1 Å². The molecule has 1 aliphatic heterocycles. The summed E-state index contributed by atoms with van der Waals surface area (Å²) in [6, 6.07) is 7.41. The predicted molar refractivity (Wildman–Crippen MR) is 201 cm³/mol. The van der Waals surface area contributed by atoms with E-state index in [1.165, 1.54) is 17.8 Å². The molecular formula is C37H48ClN7O5S. The van der Waals surface area contributed by atoms with Gasteiger partial charge in [-0.25, -0.2) is 15.0 Å². The highest BCUT2D eigenvalue weighted by Gasteiger charge is 2.39. The lowest BCUT2D eigenvalue weighted by Crippen LogP contribution is -2.47. The Bertz CT molecular complexity index is 1640. The lowest BCUT2D eigenvalue weighted by molar-refractivity contribution is -0.124. The molecule has 0 unspecified atom stereocenters. The Labute approximate surface area is 308 Å². The van der Waals surface area contributed by atoms with Gasteiger partial charge in [0.25, 0.3) is 5.91 Å². The number of halogens is 1. The van der Waals surface area contributed by atoms with Crippen molar-refractivity contribution in [2.45, 2.75) is 39.5 Å². The van der Waals surface area contributed by atoms with Crippen LogP contribution in [0.3, 0.4) is 0 Å². The molecule has 0 spiro atoms. The number of ether oxygens (including phenoxy) is 3. The molecule has 0 radical (unpaired) electrons. The maximum atomic E-state index is 12.9. The van der Waals surface area contributed by atoms with Gasteiger partial charge in [-0.1, -0.05) is 47.2 Å². The van der Waals surface area contributed by atoms with E-state index < -0.39 is 0 Å². The molecule has 2 N–H and O–H groups in total. The molecule has 1 aromatic carbocycles. The minimum Gasteiger partial charge on any atom is -0.379 e. The van der Waals surface area contributed by atoms with Gasteiger partial charge in [-0.15, -0.1) is 0 Å². The lowest BCUT2D eigenvalue weighted by atomic mass is 9.88. The topological polar surface area (TPSA) is 131 Å². The minimum absolute atomic E-state index is 0.250. The van der Waals surface area contributed by atoms with Gasteiger partial charge in [0.05, 0.1) is 49.9 Å². The second-order valence-corrected chi connectivity index (χ2v) is 14.8. The Balaban J connectivity index is 0.815. The fourth-order valence-electron chi connectivity index (χ4n) is 6.91. The van der Waals surface area contributed by atoms with Crippen LogP contribution >= 0.6 is 22.9 Å². The van der Waals surface area contributed by atoms with E-state index in [9.17, 15) is 9.59 Å². The number of carbonyl (C=O) groups is 2. The third-order valence-corrected chi connectivity index (χ3v) is 10.9. The SMILES string of the molecule is Cc1nc(Nc2ncc(C(=O)Nc3c(C)cccc3Cl)s2)cc(N2CCN(CCOCCOCCOCCCC(=O)[C@H]3C[C@H]4C=C[C@@H]3C4)CC2)n1. The molecule has 14 heteroatoms. The summed E-state index contributed by atoms with van der Waals surface area (Å²) in [4.78, 5) is 44.0. The van der Waals surface area contributed by atoms with Gasteiger partial charge in [0, 0.05) is 57.7 Å². The standard InChI is InChI=1S/C37H48ClN7O5S/c1-25-5-3-6-30(38)35(25)43-36(47)32-24-39-37(51-32)42-33-23-34(41-26(2)40-33)45-12-10-44(11-13-45)14-16-49-18-20-50-19-17-48-15-4-7-31(46)29-22-27-8-9-28(29)21-27/h3,5-6,8-9,23-24,27-29H,4,7,10-22H2,1-2H3,(H,43,47)(H,39,40,41,42)/t27-,28+,29-/m0/s1. The highest BCUT2D eigenvalue weighted by molar-refractivity contribution is 7.17. The normalized spacial score (nSPS) is 19.9. The van der Waals surface area contributed by atoms with Crippen LogP contribution in [0, 0.1) is 31.6 Å². The first-order valence-electron chi connectivity index (χ1n) is 17.9. The molecule has 6 rings (SSSR count). The molecule has 51 heavy (non-hydrogen) atoms. The fraction of sp³-hybridized carbons (Fsp3) is 0.541. The van der Waals surface area contributed by atoms with Crippen LogP contribution in [0.4, 0.5) is 22.5 Å². The average molecular weight is 738 g/mol. The van der Waals surface area contributed by atoms with E-state index in [1.54, 1.807) is 12.3 Å². The summed E-state index contributed by atoms with van der Waals surface area (Å²) >= 11 is 7.52. The molecule has 3 heterocycles. The maximum Gasteiger partial charge on any atom is 0.267 e. The van der Waals surface area contributed by atoms with Gasteiger partial charge in [-0.3, -0.25) is 14.5 Å². The summed E-state index contributed by atoms with van der Waals surface area (Å²) in [6.45, 7) is 11.5. The quantitative estimate of drug-likeness (QED) is 0.112. The Kier molecular flexibility index (Phi) is 13.4. The summed E-state index contributed by atoms with van der Waals surface area (Å²) in [5, 5.41) is 7.18. The summed E-state index contributed by atoms with van der Waals surface area (Å²) < 4.78 is 17.1. The van der Waals surface area contributed by atoms with Crippen molar-refractivity contribution in [3.8, 4) is 0 Å². The minimum atomic E-state index is -0.269. The number of hydrogen-bond acceptors (Lipinski definition) is 12. The van der Waals surface area contributed by atoms with Gasteiger partial charge in [0.2, 0.25) is 0 Å². The Morgan fingerprint density at radius 2 is 1.73 bits per heavy atom. The largest absolute Gasteiger partial charge is 0.379 e. The van der Waals surface area contributed by atoms with Crippen LogP contribution in [0.25, 0.3) is 0 Å². The van der Waals surface area contributed by atoms with Crippen molar-refractivity contribution in [2.75, 3.05) is 87.9 Å². The van der Waals surface area contributed by atoms with Crippen molar-refractivity contribution < 1.29 is 23.8 Å². The van der Waals surface area contributed by atoms with E-state index >= 15 is 0 Å². The molecule has 274 valence electrons. The molecular weight excluding hydrogens is 690 g/mol. The first-order chi connectivity index (χ1) is 24.8. The fourth-order valence-corrected chi connectivity index (χ4v) is 7.90. The zero-order valence-corrected chi connectivity index (χ0v) is 31.0. The number of carbonyl (C=O) groups excluding carboxylic acids is 2. The number of piperazine rings is 1. The lowest BCUT2D eigenvalue weighted by Gasteiger charge is -2.35. The first-order valence-corrected chi connectivity index (χ1v) is 19.1. The predicted octanol–water partition coefficient (Wildman–Crippen LogP) is 5.93. The highest BCUT2D eigenvalue weighted by Crippen LogP contribution is 2.44. The van der Waals surface area contributed by atoms with Crippen molar-refractivity contribution in [1.29, 1.82) is 0 Å². The van der Waals surface area contributed by atoms with Gasteiger partial charge in [-0.2, -0.15) is 0 Å². The molecule has 2 bridgehead atoms. The Morgan fingerprint density at radius 3 is 2.45 bits per heavy atom. The molecule has 3 aromatic rings. The number of anilines is 4. The molecule has 1 saturated carbocycles. The first kappa shape index (κ1) is 37.3. The molecule has 12 nitrogen and oxygen atoms in total. The molecule has 2 aliphatic carbocycles. The monoisotopic (exact) mass is 737 g/mol. The van der Waals surface area contributed by atoms with E-state index in [1.807, 2.05) is 32.0 Å². The average Bonchev–Trinajstić information content (AvgIpc) is 3.89. The van der Waals surface area contributed by atoms with Gasteiger partial charge >= 0.3 is 0 Å². The van der Waals surface area contributed by atoms with Crippen LogP contribution in [0.2, 0.25) is 5.02 Å². The van der Waals surface area contributed by atoms with Crippen LogP contribution in [0.15, 0.2) is 42.6 Å². The zero-order valence-electron chi connectivity index (χ0n) is 29.4. The van der Waals surface area contributed by atoms with E-state index in [4.69, 9.17) is 25.8 Å². The third-order valence-electron chi connectivity index (χ3n) is 9.65. The third kappa shape index (κ3) is 10.6. The number of hydrogen-bond donors (Lipinski definition) is 2.